The van der Waals surface area contributed by atoms with Crippen LogP contribution in [0.5, 0.6) is 0 Å². The molecule has 0 aliphatic carbocycles. The maximum atomic E-state index is 9.70. The Bertz CT molecular complexity index is 245. The lowest BCUT2D eigenvalue weighted by Gasteiger charge is -2.14. The van der Waals surface area contributed by atoms with Gasteiger partial charge in [0.25, 0.3) is 0 Å². The summed E-state index contributed by atoms with van der Waals surface area (Å²) >= 11 is 3.36. The van der Waals surface area contributed by atoms with E-state index in [2.05, 4.69) is 29.3 Å². The van der Waals surface area contributed by atoms with Crippen LogP contribution in [0.3, 0.4) is 0 Å². The summed E-state index contributed by atoms with van der Waals surface area (Å²) in [6, 6.07) is 7.82. The molecule has 0 fully saturated rings. The van der Waals surface area contributed by atoms with Gasteiger partial charge in [0, 0.05) is 4.47 Å². The fourth-order valence-electron chi connectivity index (χ4n) is 0.933. The number of benzene rings is 1. The second kappa shape index (κ2) is 4.36. The van der Waals surface area contributed by atoms with E-state index >= 15 is 0 Å². The Labute approximate surface area is 82.7 Å². The molecule has 1 atom stereocenters. The highest BCUT2D eigenvalue weighted by molar-refractivity contribution is 9.10. The van der Waals surface area contributed by atoms with Crippen molar-refractivity contribution in [3.05, 3.63) is 34.3 Å². The quantitative estimate of drug-likeness (QED) is 0.795. The van der Waals surface area contributed by atoms with E-state index in [4.69, 9.17) is 0 Å². The van der Waals surface area contributed by atoms with E-state index in [0.29, 0.717) is 0 Å². The first-order chi connectivity index (χ1) is 5.61. The van der Waals surface area contributed by atoms with Crippen molar-refractivity contribution in [2.75, 3.05) is 13.3 Å². The van der Waals surface area contributed by atoms with Crippen LogP contribution in [0.1, 0.15) is 11.4 Å². The van der Waals surface area contributed by atoms with Crippen LogP contribution in [-0.2, 0) is 0 Å². The largest absolute Gasteiger partial charge is 0.384 e. The number of rotatable bonds is 2. The summed E-state index contributed by atoms with van der Waals surface area (Å²) in [5.74, 6) is -0.284. The highest BCUT2D eigenvalue weighted by Gasteiger charge is 2.10. The van der Waals surface area contributed by atoms with Crippen molar-refractivity contribution in [1.82, 2.24) is 0 Å². The summed E-state index contributed by atoms with van der Waals surface area (Å²) < 4.78 is 1.05. The van der Waals surface area contributed by atoms with Gasteiger partial charge in [-0.25, -0.2) is 0 Å². The van der Waals surface area contributed by atoms with Crippen molar-refractivity contribution < 1.29 is 5.11 Å². The minimum absolute atomic E-state index is 0.284. The van der Waals surface area contributed by atoms with Crippen molar-refractivity contribution in [1.29, 1.82) is 0 Å². The topological polar surface area (TPSA) is 20.2 Å². The van der Waals surface area contributed by atoms with Crippen LogP contribution in [0, 0.1) is 0 Å². The molecule has 0 amide bonds. The van der Waals surface area contributed by atoms with Gasteiger partial charge < -0.3 is 5.11 Å². The zero-order valence-corrected chi connectivity index (χ0v) is 9.64. The van der Waals surface area contributed by atoms with Crippen LogP contribution in [-0.4, -0.2) is 18.4 Å². The Morgan fingerprint density at radius 3 is 2.17 bits per heavy atom. The average molecular weight is 247 g/mol. The third-order valence-corrected chi connectivity index (χ3v) is 3.46. The monoisotopic (exact) mass is 246 g/mol. The van der Waals surface area contributed by atoms with Gasteiger partial charge in [-0.2, -0.15) is 0 Å². The van der Waals surface area contributed by atoms with Gasteiger partial charge in [0.1, 0.15) is 0 Å². The number of halogens is 1. The number of aliphatic hydroxyl groups is 1. The molecule has 0 radical (unpaired) electrons. The lowest BCUT2D eigenvalue weighted by molar-refractivity contribution is 0.264. The zero-order chi connectivity index (χ0) is 9.14. The number of aliphatic hydroxyl groups excluding tert-OH is 1. The molecular formula is C9H12BrOP. The molecule has 12 heavy (non-hydrogen) atoms. The summed E-state index contributed by atoms with van der Waals surface area (Å²) in [6.07, 6.45) is 0. The molecule has 0 saturated heterocycles. The summed E-state index contributed by atoms with van der Waals surface area (Å²) in [6.45, 7) is 4.14. The molecule has 1 aromatic carbocycles. The maximum absolute atomic E-state index is 9.70. The van der Waals surface area contributed by atoms with Crippen LogP contribution in [0.15, 0.2) is 28.7 Å². The van der Waals surface area contributed by atoms with Gasteiger partial charge in [-0.1, -0.05) is 36.0 Å². The highest BCUT2D eigenvalue weighted by atomic mass is 79.9. The molecule has 66 valence electrons. The summed E-state index contributed by atoms with van der Waals surface area (Å²) in [5.41, 5.74) is 1.01. The van der Waals surface area contributed by atoms with Gasteiger partial charge in [-0.3, -0.25) is 0 Å². The first-order valence-electron chi connectivity index (χ1n) is 3.71. The van der Waals surface area contributed by atoms with Gasteiger partial charge in [0.05, 0.1) is 5.85 Å². The first-order valence-corrected chi connectivity index (χ1v) is 6.81. The van der Waals surface area contributed by atoms with E-state index in [-0.39, 0.29) is 13.8 Å². The molecule has 0 spiro atoms. The molecule has 0 aliphatic heterocycles. The molecule has 1 aromatic rings. The molecule has 0 bridgehead atoms. The standard InChI is InChI=1S/C9H12BrOP/c1-12(2)9(11)7-3-5-8(10)6-4-7/h3-6,9,11H,1-2H3. The summed E-state index contributed by atoms with van der Waals surface area (Å²) in [7, 11) is -0.307. The third kappa shape index (κ3) is 2.55. The highest BCUT2D eigenvalue weighted by Crippen LogP contribution is 2.42. The molecular weight excluding hydrogens is 235 g/mol. The van der Waals surface area contributed by atoms with E-state index in [0.717, 1.165) is 10.0 Å². The summed E-state index contributed by atoms with van der Waals surface area (Å²) in [4.78, 5) is 0. The minimum atomic E-state index is -0.307. The van der Waals surface area contributed by atoms with Gasteiger partial charge in [-0.15, -0.1) is 0 Å². The van der Waals surface area contributed by atoms with E-state index in [1.807, 2.05) is 24.3 Å². The van der Waals surface area contributed by atoms with E-state index in [1.165, 1.54) is 0 Å². The Hall–Kier alpha value is 0.0900. The lowest BCUT2D eigenvalue weighted by Crippen LogP contribution is -1.93. The Kier molecular flexibility index (Phi) is 3.70. The molecule has 3 heteroatoms. The van der Waals surface area contributed by atoms with Gasteiger partial charge >= 0.3 is 0 Å². The van der Waals surface area contributed by atoms with E-state index in [9.17, 15) is 5.11 Å². The average Bonchev–Trinajstić information content (AvgIpc) is 2.04. The molecule has 1 rings (SSSR count). The Morgan fingerprint density at radius 2 is 1.75 bits per heavy atom. The number of hydrogen-bond donors (Lipinski definition) is 1. The predicted molar refractivity (Wildman–Crippen MR) is 57.9 cm³/mol. The van der Waals surface area contributed by atoms with Gasteiger partial charge in [0.2, 0.25) is 0 Å². The second-order valence-electron chi connectivity index (χ2n) is 2.89. The molecule has 0 heterocycles. The van der Waals surface area contributed by atoms with Crippen molar-refractivity contribution in [2.45, 2.75) is 5.85 Å². The zero-order valence-electron chi connectivity index (χ0n) is 7.16. The smallest absolute Gasteiger partial charge is 0.0973 e. The van der Waals surface area contributed by atoms with Crippen molar-refractivity contribution >= 4 is 23.9 Å². The lowest BCUT2D eigenvalue weighted by atomic mass is 10.2. The SMILES string of the molecule is CP(C)C(O)c1ccc(Br)cc1. The normalized spacial score (nSPS) is 13.4. The Morgan fingerprint density at radius 1 is 1.25 bits per heavy atom. The fraction of sp³-hybridized carbons (Fsp3) is 0.333. The van der Waals surface area contributed by atoms with E-state index < -0.39 is 0 Å². The molecule has 1 nitrogen and oxygen atoms in total. The molecule has 0 saturated carbocycles. The predicted octanol–water partition coefficient (Wildman–Crippen LogP) is 3.18. The summed E-state index contributed by atoms with van der Waals surface area (Å²) in [5, 5.41) is 9.70. The van der Waals surface area contributed by atoms with Crippen LogP contribution >= 0.6 is 23.9 Å². The van der Waals surface area contributed by atoms with Crippen molar-refractivity contribution in [3.8, 4) is 0 Å². The Balaban J connectivity index is 2.82. The molecule has 0 aromatic heterocycles. The van der Waals surface area contributed by atoms with Gasteiger partial charge in [-0.05, 0) is 31.0 Å². The maximum Gasteiger partial charge on any atom is 0.0973 e. The van der Waals surface area contributed by atoms with E-state index in [1.54, 1.807) is 0 Å². The number of hydrogen-bond acceptors (Lipinski definition) is 1. The van der Waals surface area contributed by atoms with Crippen LogP contribution < -0.4 is 0 Å². The van der Waals surface area contributed by atoms with Gasteiger partial charge in [0.15, 0.2) is 0 Å². The van der Waals surface area contributed by atoms with Crippen molar-refractivity contribution in [3.63, 3.8) is 0 Å². The van der Waals surface area contributed by atoms with Crippen molar-refractivity contribution in [2.24, 2.45) is 0 Å². The fourth-order valence-corrected chi connectivity index (χ4v) is 1.97. The van der Waals surface area contributed by atoms with Crippen LogP contribution in [0.4, 0.5) is 0 Å². The van der Waals surface area contributed by atoms with Crippen LogP contribution in [0.25, 0.3) is 0 Å². The third-order valence-electron chi connectivity index (χ3n) is 1.66. The minimum Gasteiger partial charge on any atom is -0.384 e. The second-order valence-corrected chi connectivity index (χ2v) is 6.22. The first kappa shape index (κ1) is 10.2. The molecule has 1 unspecified atom stereocenters. The molecule has 1 N–H and O–H groups in total. The van der Waals surface area contributed by atoms with Crippen LogP contribution in [0.2, 0.25) is 0 Å². The molecule has 0 aliphatic rings.